The van der Waals surface area contributed by atoms with Gasteiger partial charge in [0.15, 0.2) is 6.10 Å². The molecular formula is C30H42N2O7. The molecule has 1 saturated heterocycles. The highest BCUT2D eigenvalue weighted by Crippen LogP contribution is 2.27. The highest BCUT2D eigenvalue weighted by molar-refractivity contribution is 5.70. The maximum absolute atomic E-state index is 12.8. The number of carbonyl (C=O) groups excluding carboxylic acids is 2. The van der Waals surface area contributed by atoms with Crippen LogP contribution >= 0.6 is 0 Å². The number of pyridine rings is 1. The number of cyclic esters (lactones) is 1. The molecule has 39 heavy (non-hydrogen) atoms. The number of aliphatic hydroxyl groups excluding tert-OH is 1. The van der Waals surface area contributed by atoms with Crippen molar-refractivity contribution in [3.05, 3.63) is 66.0 Å². The standard InChI is InChI=1S/C30H42N2O7/c1-21(25-10-5-6-15-31-25)8-7-9-22(2)28-23(3)11-12-26(38-29(35)32-16-18-37-19-17-32)30(4,36)14-13-24(33)20-27(34)39-28/h5-12,15,21,23-24,26,28,33,36H,13-14,16-20H2,1-4H3/b8-7+,12-11-,22-9+/t21-,23-,24-,26-,28+,30-/m0/s1. The fourth-order valence-corrected chi connectivity index (χ4v) is 4.59. The van der Waals surface area contributed by atoms with Crippen LogP contribution in [0.4, 0.5) is 4.79 Å². The molecule has 1 amide bonds. The minimum absolute atomic E-state index is 0.103. The molecule has 2 aliphatic rings. The smallest absolute Gasteiger partial charge is 0.410 e. The maximum Gasteiger partial charge on any atom is 0.410 e. The zero-order chi connectivity index (χ0) is 28.4. The van der Waals surface area contributed by atoms with E-state index in [0.717, 1.165) is 11.3 Å². The van der Waals surface area contributed by atoms with Crippen molar-refractivity contribution in [2.24, 2.45) is 5.92 Å². The average molecular weight is 543 g/mol. The van der Waals surface area contributed by atoms with Crippen molar-refractivity contribution in [2.75, 3.05) is 26.3 Å². The van der Waals surface area contributed by atoms with Crippen molar-refractivity contribution < 1.29 is 34.0 Å². The minimum atomic E-state index is -1.45. The summed E-state index contributed by atoms with van der Waals surface area (Å²) in [5, 5.41) is 21.7. The van der Waals surface area contributed by atoms with E-state index >= 15 is 0 Å². The van der Waals surface area contributed by atoms with Gasteiger partial charge < -0.3 is 29.3 Å². The number of esters is 1. The summed E-state index contributed by atoms with van der Waals surface area (Å²) in [7, 11) is 0. The number of rotatable bonds is 5. The molecule has 0 bridgehead atoms. The molecule has 2 aliphatic heterocycles. The lowest BCUT2D eigenvalue weighted by Crippen LogP contribution is -2.47. The van der Waals surface area contributed by atoms with E-state index in [0.29, 0.717) is 26.3 Å². The van der Waals surface area contributed by atoms with Gasteiger partial charge in [-0.15, -0.1) is 0 Å². The van der Waals surface area contributed by atoms with Crippen LogP contribution in [0.15, 0.2) is 60.3 Å². The first-order chi connectivity index (χ1) is 18.6. The van der Waals surface area contributed by atoms with E-state index in [1.54, 1.807) is 30.2 Å². The molecule has 0 unspecified atom stereocenters. The normalized spacial score (nSPS) is 31.1. The monoisotopic (exact) mass is 542 g/mol. The summed E-state index contributed by atoms with van der Waals surface area (Å²) in [5.74, 6) is -0.712. The lowest BCUT2D eigenvalue weighted by molar-refractivity contribution is -0.151. The summed E-state index contributed by atoms with van der Waals surface area (Å²) in [4.78, 5) is 31.4. The number of nitrogens with zero attached hydrogens (tertiary/aromatic N) is 2. The molecule has 3 rings (SSSR count). The van der Waals surface area contributed by atoms with Crippen molar-refractivity contribution in [1.29, 1.82) is 0 Å². The van der Waals surface area contributed by atoms with Gasteiger partial charge in [-0.05, 0) is 50.5 Å². The van der Waals surface area contributed by atoms with E-state index in [1.165, 1.54) is 0 Å². The third-order valence-electron chi connectivity index (χ3n) is 7.18. The summed E-state index contributed by atoms with van der Waals surface area (Å²) in [6.07, 6.45) is 8.04. The van der Waals surface area contributed by atoms with Gasteiger partial charge in [0.05, 0.1) is 25.7 Å². The Balaban J connectivity index is 1.81. The quantitative estimate of drug-likeness (QED) is 0.327. The van der Waals surface area contributed by atoms with Crippen LogP contribution < -0.4 is 0 Å². The summed E-state index contributed by atoms with van der Waals surface area (Å²) in [6, 6.07) is 5.79. The first-order valence-corrected chi connectivity index (χ1v) is 13.6. The number of allylic oxidation sites excluding steroid dienone is 3. The lowest BCUT2D eigenvalue weighted by atomic mass is 9.88. The van der Waals surface area contributed by atoms with Crippen molar-refractivity contribution in [3.8, 4) is 0 Å². The van der Waals surface area contributed by atoms with E-state index in [9.17, 15) is 19.8 Å². The first kappa shape index (κ1) is 30.5. The van der Waals surface area contributed by atoms with Crippen LogP contribution in [-0.4, -0.2) is 82.4 Å². The van der Waals surface area contributed by atoms with E-state index in [4.69, 9.17) is 14.2 Å². The zero-order valence-electron chi connectivity index (χ0n) is 23.4. The number of morpholine rings is 1. The van der Waals surface area contributed by atoms with Gasteiger partial charge in [-0.2, -0.15) is 0 Å². The molecule has 0 saturated carbocycles. The van der Waals surface area contributed by atoms with E-state index in [-0.39, 0.29) is 31.1 Å². The summed E-state index contributed by atoms with van der Waals surface area (Å²) in [5.41, 5.74) is 0.310. The predicted molar refractivity (Wildman–Crippen MR) is 147 cm³/mol. The molecule has 0 radical (unpaired) electrons. The molecule has 214 valence electrons. The van der Waals surface area contributed by atoms with Gasteiger partial charge in [0.1, 0.15) is 11.7 Å². The fraction of sp³-hybridized carbons (Fsp3) is 0.567. The first-order valence-electron chi connectivity index (χ1n) is 13.6. The van der Waals surface area contributed by atoms with Crippen LogP contribution in [0.3, 0.4) is 0 Å². The third kappa shape index (κ3) is 9.30. The molecule has 1 fully saturated rings. The van der Waals surface area contributed by atoms with Gasteiger partial charge >= 0.3 is 12.1 Å². The molecule has 0 spiro atoms. The maximum atomic E-state index is 12.8. The molecule has 2 N–H and O–H groups in total. The Labute approximate surface area is 231 Å². The Hall–Kier alpha value is -3.01. The second-order valence-corrected chi connectivity index (χ2v) is 10.7. The number of ether oxygens (including phenoxy) is 3. The summed E-state index contributed by atoms with van der Waals surface area (Å²) >= 11 is 0. The highest BCUT2D eigenvalue weighted by Gasteiger charge is 2.36. The predicted octanol–water partition coefficient (Wildman–Crippen LogP) is 3.92. The van der Waals surface area contributed by atoms with Crippen molar-refractivity contribution in [2.45, 2.75) is 76.8 Å². The number of carbonyl (C=O) groups is 2. The highest BCUT2D eigenvalue weighted by atomic mass is 16.6. The van der Waals surface area contributed by atoms with Gasteiger partial charge in [-0.3, -0.25) is 9.78 Å². The topological polar surface area (TPSA) is 118 Å². The number of aromatic nitrogens is 1. The van der Waals surface area contributed by atoms with E-state index in [1.807, 2.05) is 50.3 Å². The molecule has 1 aromatic rings. The Morgan fingerprint density at radius 2 is 2.03 bits per heavy atom. The molecular weight excluding hydrogens is 500 g/mol. The molecule has 9 nitrogen and oxygen atoms in total. The van der Waals surface area contributed by atoms with Crippen LogP contribution in [0, 0.1) is 5.92 Å². The molecule has 6 atom stereocenters. The van der Waals surface area contributed by atoms with E-state index in [2.05, 4.69) is 11.9 Å². The van der Waals surface area contributed by atoms with Crippen LogP contribution in [-0.2, 0) is 19.0 Å². The van der Waals surface area contributed by atoms with Crippen molar-refractivity contribution >= 4 is 12.1 Å². The van der Waals surface area contributed by atoms with Gasteiger partial charge in [0, 0.05) is 36.8 Å². The van der Waals surface area contributed by atoms with E-state index < -0.39 is 36.0 Å². The zero-order valence-corrected chi connectivity index (χ0v) is 23.4. The number of hydrogen-bond acceptors (Lipinski definition) is 8. The fourth-order valence-electron chi connectivity index (χ4n) is 4.59. The van der Waals surface area contributed by atoms with Crippen LogP contribution in [0.2, 0.25) is 0 Å². The minimum Gasteiger partial charge on any atom is -0.457 e. The number of hydrogen-bond donors (Lipinski definition) is 2. The lowest BCUT2D eigenvalue weighted by Gasteiger charge is -2.35. The second kappa shape index (κ2) is 14.4. The van der Waals surface area contributed by atoms with Crippen molar-refractivity contribution in [3.63, 3.8) is 0 Å². The van der Waals surface area contributed by atoms with Gasteiger partial charge in [-0.25, -0.2) is 4.79 Å². The Kier molecular flexibility index (Phi) is 11.3. The SMILES string of the molecule is C/C(=C\C=C\[C@H](C)c1ccccn1)[C@H]1OC(=O)C[C@@H](O)CC[C@](C)(O)[C@@H](OC(=O)N2CCOCC2)/C=C\[C@@H]1C. The Morgan fingerprint density at radius 1 is 1.28 bits per heavy atom. The van der Waals surface area contributed by atoms with Gasteiger partial charge in [-0.1, -0.05) is 44.2 Å². The van der Waals surface area contributed by atoms with Gasteiger partial charge in [0.25, 0.3) is 0 Å². The van der Waals surface area contributed by atoms with Crippen LogP contribution in [0.1, 0.15) is 58.6 Å². The van der Waals surface area contributed by atoms with Crippen LogP contribution in [0.25, 0.3) is 0 Å². The molecule has 0 aliphatic carbocycles. The Morgan fingerprint density at radius 3 is 2.72 bits per heavy atom. The van der Waals surface area contributed by atoms with Crippen LogP contribution in [0.5, 0.6) is 0 Å². The van der Waals surface area contributed by atoms with Crippen molar-refractivity contribution in [1.82, 2.24) is 9.88 Å². The molecule has 1 aromatic heterocycles. The number of amides is 1. The Bertz CT molecular complexity index is 1030. The summed E-state index contributed by atoms with van der Waals surface area (Å²) in [6.45, 7) is 9.10. The largest absolute Gasteiger partial charge is 0.457 e. The molecule has 9 heteroatoms. The number of aliphatic hydroxyl groups is 2. The average Bonchev–Trinajstić information content (AvgIpc) is 2.92. The summed E-state index contributed by atoms with van der Waals surface area (Å²) < 4.78 is 16.9. The second-order valence-electron chi connectivity index (χ2n) is 10.7. The third-order valence-corrected chi connectivity index (χ3v) is 7.18. The molecule has 0 aromatic carbocycles. The molecule has 3 heterocycles. The van der Waals surface area contributed by atoms with Gasteiger partial charge in [0.2, 0.25) is 0 Å².